The summed E-state index contributed by atoms with van der Waals surface area (Å²) in [4.78, 5) is 1.63. The first-order valence-electron chi connectivity index (χ1n) is 6.03. The lowest BCUT2D eigenvalue weighted by Crippen LogP contribution is -2.26. The van der Waals surface area contributed by atoms with E-state index in [-0.39, 0.29) is 0 Å². The predicted octanol–water partition coefficient (Wildman–Crippen LogP) is 3.35. The number of benzene rings is 1. The number of thiocarbonyl (C=S) groups is 1. The fraction of sp³-hybridized carbons (Fsp3) is 0.462. The minimum Gasteiger partial charge on any atom is -0.389 e. The first-order valence-corrected chi connectivity index (χ1v) is 8.82. The van der Waals surface area contributed by atoms with Crippen molar-refractivity contribution in [3.8, 4) is 0 Å². The van der Waals surface area contributed by atoms with Gasteiger partial charge in [-0.2, -0.15) is 11.8 Å². The molecule has 2 nitrogen and oxygen atoms in total. The zero-order chi connectivity index (χ0) is 13.0. The molecule has 1 aromatic rings. The Kier molecular flexibility index (Phi) is 5.21. The van der Waals surface area contributed by atoms with Crippen molar-refractivity contribution in [1.29, 1.82) is 0 Å². The van der Waals surface area contributed by atoms with Gasteiger partial charge in [0.2, 0.25) is 0 Å². The zero-order valence-corrected chi connectivity index (χ0v) is 12.9. The molecule has 0 bridgehead atoms. The van der Waals surface area contributed by atoms with E-state index in [0.717, 1.165) is 16.1 Å². The van der Waals surface area contributed by atoms with Crippen molar-refractivity contribution in [2.75, 3.05) is 23.1 Å². The Labute approximate surface area is 122 Å². The van der Waals surface area contributed by atoms with Gasteiger partial charge in [0.15, 0.2) is 0 Å². The largest absolute Gasteiger partial charge is 0.389 e. The van der Waals surface area contributed by atoms with Crippen LogP contribution in [0.2, 0.25) is 0 Å². The fourth-order valence-corrected chi connectivity index (χ4v) is 4.17. The molecular weight excluding hydrogens is 280 g/mol. The molecule has 0 unspecified atom stereocenters. The molecule has 0 spiro atoms. The van der Waals surface area contributed by atoms with Gasteiger partial charge in [0.05, 0.1) is 0 Å². The van der Waals surface area contributed by atoms with E-state index in [1.807, 2.05) is 11.8 Å². The normalized spacial score (nSPS) is 16.5. The van der Waals surface area contributed by atoms with E-state index >= 15 is 0 Å². The lowest BCUT2D eigenvalue weighted by atomic mass is 10.1. The van der Waals surface area contributed by atoms with Crippen molar-refractivity contribution in [3.63, 3.8) is 0 Å². The lowest BCUT2D eigenvalue weighted by Gasteiger charge is -2.25. The molecule has 1 saturated heterocycles. The first-order chi connectivity index (χ1) is 8.72. The standard InChI is InChI=1S/C13H18N2S3/c1-17-11-4-2-3-10(12(11)13(14)16)15-9-5-7-18-8-6-9/h2-4,9,15H,5-8H2,1H3,(H2,14,16). The summed E-state index contributed by atoms with van der Waals surface area (Å²) in [6.45, 7) is 0. The van der Waals surface area contributed by atoms with Gasteiger partial charge in [0, 0.05) is 22.2 Å². The van der Waals surface area contributed by atoms with Crippen LogP contribution >= 0.6 is 35.7 Å². The third kappa shape index (κ3) is 3.33. The maximum Gasteiger partial charge on any atom is 0.107 e. The molecule has 5 heteroatoms. The van der Waals surface area contributed by atoms with Crippen LogP contribution < -0.4 is 11.1 Å². The summed E-state index contributed by atoms with van der Waals surface area (Å²) in [5.74, 6) is 2.48. The molecule has 0 amide bonds. The summed E-state index contributed by atoms with van der Waals surface area (Å²) < 4.78 is 0. The number of rotatable bonds is 4. The predicted molar refractivity (Wildman–Crippen MR) is 88.1 cm³/mol. The summed E-state index contributed by atoms with van der Waals surface area (Å²) >= 11 is 8.91. The molecule has 0 radical (unpaired) electrons. The Balaban J connectivity index is 2.23. The summed E-state index contributed by atoms with van der Waals surface area (Å²) in [6.07, 6.45) is 4.48. The molecule has 1 aromatic carbocycles. The van der Waals surface area contributed by atoms with E-state index < -0.39 is 0 Å². The van der Waals surface area contributed by atoms with Gasteiger partial charge in [-0.15, -0.1) is 11.8 Å². The minimum atomic E-state index is 0.479. The number of anilines is 1. The van der Waals surface area contributed by atoms with Crippen molar-refractivity contribution >= 4 is 46.4 Å². The smallest absolute Gasteiger partial charge is 0.107 e. The molecule has 0 atom stereocenters. The van der Waals surface area contributed by atoms with Crippen LogP contribution in [0.25, 0.3) is 0 Å². The molecule has 0 aliphatic carbocycles. The summed E-state index contributed by atoms with van der Waals surface area (Å²) in [6, 6.07) is 6.77. The van der Waals surface area contributed by atoms with Crippen molar-refractivity contribution in [2.24, 2.45) is 5.73 Å². The van der Waals surface area contributed by atoms with Crippen molar-refractivity contribution < 1.29 is 0 Å². The van der Waals surface area contributed by atoms with E-state index in [9.17, 15) is 0 Å². The van der Waals surface area contributed by atoms with Gasteiger partial charge in [-0.05, 0) is 42.7 Å². The number of nitrogens with one attached hydrogen (secondary N) is 1. The molecule has 1 fully saturated rings. The van der Waals surface area contributed by atoms with Crippen LogP contribution in [0.3, 0.4) is 0 Å². The third-order valence-electron chi connectivity index (χ3n) is 3.07. The van der Waals surface area contributed by atoms with Gasteiger partial charge in [0.25, 0.3) is 0 Å². The summed E-state index contributed by atoms with van der Waals surface area (Å²) in [5, 5.41) is 3.61. The second-order valence-electron chi connectivity index (χ2n) is 4.28. The highest BCUT2D eigenvalue weighted by Gasteiger charge is 2.17. The molecule has 1 aliphatic rings. The average Bonchev–Trinajstić information content (AvgIpc) is 2.39. The van der Waals surface area contributed by atoms with Crippen LogP contribution in [0.1, 0.15) is 18.4 Å². The zero-order valence-electron chi connectivity index (χ0n) is 10.4. The number of hydrogen-bond donors (Lipinski definition) is 2. The fourth-order valence-electron chi connectivity index (χ4n) is 2.14. The maximum atomic E-state index is 5.87. The van der Waals surface area contributed by atoms with Crippen molar-refractivity contribution in [3.05, 3.63) is 23.8 Å². The summed E-state index contributed by atoms with van der Waals surface area (Å²) in [5.41, 5.74) is 7.96. The van der Waals surface area contributed by atoms with Crippen LogP contribution in [-0.4, -0.2) is 28.8 Å². The SMILES string of the molecule is CSc1cccc(NC2CCSCC2)c1C(N)=S. The second kappa shape index (κ2) is 6.68. The highest BCUT2D eigenvalue weighted by Crippen LogP contribution is 2.29. The van der Waals surface area contributed by atoms with E-state index in [2.05, 4.69) is 29.8 Å². The van der Waals surface area contributed by atoms with Gasteiger partial charge in [-0.1, -0.05) is 18.3 Å². The van der Waals surface area contributed by atoms with Gasteiger partial charge in [-0.3, -0.25) is 0 Å². The van der Waals surface area contributed by atoms with Crippen LogP contribution in [0, 0.1) is 0 Å². The van der Waals surface area contributed by atoms with E-state index in [0.29, 0.717) is 11.0 Å². The topological polar surface area (TPSA) is 38.0 Å². The second-order valence-corrected chi connectivity index (χ2v) is 6.79. The summed E-state index contributed by atoms with van der Waals surface area (Å²) in [7, 11) is 0. The van der Waals surface area contributed by atoms with Crippen LogP contribution in [0.4, 0.5) is 5.69 Å². The Hall–Kier alpha value is -0.390. The first kappa shape index (κ1) is 14.0. The number of thioether (sulfide) groups is 2. The van der Waals surface area contributed by atoms with Gasteiger partial charge in [-0.25, -0.2) is 0 Å². The molecule has 98 valence electrons. The highest BCUT2D eigenvalue weighted by atomic mass is 32.2. The van der Waals surface area contributed by atoms with E-state index in [1.54, 1.807) is 11.8 Å². The van der Waals surface area contributed by atoms with Crippen LogP contribution in [0.5, 0.6) is 0 Å². The highest BCUT2D eigenvalue weighted by molar-refractivity contribution is 7.99. The maximum absolute atomic E-state index is 5.87. The molecule has 0 saturated carbocycles. The number of nitrogens with two attached hydrogens (primary N) is 1. The van der Waals surface area contributed by atoms with Crippen molar-refractivity contribution in [1.82, 2.24) is 0 Å². The van der Waals surface area contributed by atoms with Gasteiger partial charge < -0.3 is 11.1 Å². The van der Waals surface area contributed by atoms with E-state index in [1.165, 1.54) is 24.3 Å². The average molecular weight is 299 g/mol. The molecule has 1 aliphatic heterocycles. The van der Waals surface area contributed by atoms with Crippen LogP contribution in [0.15, 0.2) is 23.1 Å². The third-order valence-corrected chi connectivity index (χ3v) is 5.11. The Morgan fingerprint density at radius 2 is 2.17 bits per heavy atom. The monoisotopic (exact) mass is 298 g/mol. The van der Waals surface area contributed by atoms with E-state index in [4.69, 9.17) is 18.0 Å². The Bertz CT molecular complexity index is 428. The molecule has 18 heavy (non-hydrogen) atoms. The molecule has 0 aromatic heterocycles. The molecule has 1 heterocycles. The molecule has 2 rings (SSSR count). The number of hydrogen-bond acceptors (Lipinski definition) is 4. The van der Waals surface area contributed by atoms with Crippen molar-refractivity contribution in [2.45, 2.75) is 23.8 Å². The molecule has 3 N–H and O–H groups in total. The Morgan fingerprint density at radius 1 is 1.44 bits per heavy atom. The van der Waals surface area contributed by atoms with Gasteiger partial charge >= 0.3 is 0 Å². The lowest BCUT2D eigenvalue weighted by molar-refractivity contribution is 0.666. The van der Waals surface area contributed by atoms with Crippen LogP contribution in [-0.2, 0) is 0 Å². The Morgan fingerprint density at radius 3 is 2.78 bits per heavy atom. The molecular formula is C13H18N2S3. The van der Waals surface area contributed by atoms with Gasteiger partial charge in [0.1, 0.15) is 4.99 Å². The quantitative estimate of drug-likeness (QED) is 0.659. The minimum absolute atomic E-state index is 0.479.